The van der Waals surface area contributed by atoms with Crippen LogP contribution in [0.3, 0.4) is 0 Å². The quantitative estimate of drug-likeness (QED) is 0.806. The van der Waals surface area contributed by atoms with Gasteiger partial charge in [0, 0.05) is 30.4 Å². The zero-order valence-electron chi connectivity index (χ0n) is 9.62. The Hall–Kier alpha value is -1.14. The monoisotopic (exact) mass is 313 g/mol. The maximum atomic E-state index is 10.2. The largest absolute Gasteiger partial charge is 0.386 e. The van der Waals surface area contributed by atoms with Crippen LogP contribution in [0.2, 0.25) is 10.0 Å². The summed E-state index contributed by atoms with van der Waals surface area (Å²) in [5, 5.41) is 12.9. The van der Waals surface area contributed by atoms with Crippen molar-refractivity contribution >= 4 is 39.5 Å². The predicted molar refractivity (Wildman–Crippen MR) is 76.0 cm³/mol. The minimum Gasteiger partial charge on any atom is -0.386 e. The van der Waals surface area contributed by atoms with Crippen molar-refractivity contribution in [2.75, 3.05) is 0 Å². The van der Waals surface area contributed by atoms with Gasteiger partial charge in [-0.05, 0) is 6.07 Å². The average molecular weight is 314 g/mol. The fourth-order valence-electron chi connectivity index (χ4n) is 1.84. The van der Waals surface area contributed by atoms with Gasteiger partial charge in [-0.1, -0.05) is 23.2 Å². The van der Waals surface area contributed by atoms with Crippen molar-refractivity contribution in [3.63, 3.8) is 0 Å². The van der Waals surface area contributed by atoms with E-state index < -0.39 is 6.10 Å². The molecule has 0 amide bonds. The standard InChI is InChI=1S/C12H9Cl2N3OS/c13-7-3-9(14)11(15-5-7)10(18)4-8-6-17-1-2-19-12(17)16-8/h1-3,5-6,10,18H,4H2. The van der Waals surface area contributed by atoms with Crippen LogP contribution in [0.15, 0.2) is 30.0 Å². The topological polar surface area (TPSA) is 50.4 Å². The van der Waals surface area contributed by atoms with Gasteiger partial charge in [0.1, 0.15) is 6.10 Å². The summed E-state index contributed by atoms with van der Waals surface area (Å²) in [5.74, 6) is 0. The van der Waals surface area contributed by atoms with Crippen LogP contribution < -0.4 is 0 Å². The number of halogens is 2. The highest BCUT2D eigenvalue weighted by molar-refractivity contribution is 7.15. The van der Waals surface area contributed by atoms with Crippen molar-refractivity contribution < 1.29 is 5.11 Å². The summed E-state index contributed by atoms with van der Waals surface area (Å²) in [6.07, 6.45) is 4.85. The fourth-order valence-corrected chi connectivity index (χ4v) is 3.06. The Morgan fingerprint density at radius 3 is 3.00 bits per heavy atom. The van der Waals surface area contributed by atoms with Crippen molar-refractivity contribution in [1.29, 1.82) is 0 Å². The lowest BCUT2D eigenvalue weighted by Gasteiger charge is -2.10. The number of imidazole rings is 1. The van der Waals surface area contributed by atoms with Crippen LogP contribution in [0.4, 0.5) is 0 Å². The van der Waals surface area contributed by atoms with E-state index in [-0.39, 0.29) is 0 Å². The minimum absolute atomic E-state index is 0.362. The van der Waals surface area contributed by atoms with Gasteiger partial charge in [0.05, 0.1) is 21.4 Å². The van der Waals surface area contributed by atoms with Crippen LogP contribution in [0.25, 0.3) is 4.96 Å². The molecule has 4 nitrogen and oxygen atoms in total. The summed E-state index contributed by atoms with van der Waals surface area (Å²) in [6.45, 7) is 0. The van der Waals surface area contributed by atoms with Gasteiger partial charge < -0.3 is 5.11 Å². The Bertz CT molecular complexity index is 696. The summed E-state index contributed by atoms with van der Waals surface area (Å²) < 4.78 is 1.92. The van der Waals surface area contributed by atoms with Gasteiger partial charge in [0.2, 0.25) is 0 Å². The van der Waals surface area contributed by atoms with Crippen molar-refractivity contribution in [3.05, 3.63) is 51.5 Å². The third kappa shape index (κ3) is 2.60. The molecule has 0 fully saturated rings. The minimum atomic E-state index is -0.797. The van der Waals surface area contributed by atoms with E-state index in [1.54, 1.807) is 17.4 Å². The van der Waals surface area contributed by atoms with E-state index in [1.807, 2.05) is 22.2 Å². The summed E-state index contributed by atoms with van der Waals surface area (Å²) >= 11 is 13.3. The molecule has 0 saturated carbocycles. The number of hydrogen-bond donors (Lipinski definition) is 1. The van der Waals surface area contributed by atoms with Gasteiger partial charge in [0.25, 0.3) is 0 Å². The molecule has 0 spiro atoms. The Morgan fingerprint density at radius 2 is 2.26 bits per heavy atom. The molecule has 7 heteroatoms. The van der Waals surface area contributed by atoms with E-state index in [4.69, 9.17) is 23.2 Å². The zero-order valence-corrected chi connectivity index (χ0v) is 12.0. The van der Waals surface area contributed by atoms with E-state index in [9.17, 15) is 5.11 Å². The Kier molecular flexibility index (Phi) is 3.45. The van der Waals surface area contributed by atoms with Gasteiger partial charge in [-0.25, -0.2) is 4.98 Å². The first-order valence-electron chi connectivity index (χ1n) is 5.53. The maximum Gasteiger partial charge on any atom is 0.193 e. The summed E-state index contributed by atoms with van der Waals surface area (Å²) in [4.78, 5) is 9.38. The predicted octanol–water partition coefficient (Wildman–Crippen LogP) is 3.37. The number of thiazole rings is 1. The van der Waals surface area contributed by atoms with E-state index >= 15 is 0 Å². The highest BCUT2D eigenvalue weighted by Crippen LogP contribution is 2.26. The van der Waals surface area contributed by atoms with Crippen molar-refractivity contribution in [2.45, 2.75) is 12.5 Å². The van der Waals surface area contributed by atoms with Crippen LogP contribution in [-0.4, -0.2) is 19.5 Å². The van der Waals surface area contributed by atoms with Crippen molar-refractivity contribution in [1.82, 2.24) is 14.4 Å². The summed E-state index contributed by atoms with van der Waals surface area (Å²) in [5.41, 5.74) is 1.22. The smallest absolute Gasteiger partial charge is 0.193 e. The zero-order chi connectivity index (χ0) is 13.4. The molecule has 19 heavy (non-hydrogen) atoms. The first-order chi connectivity index (χ1) is 9.13. The number of aliphatic hydroxyl groups is 1. The number of pyridine rings is 1. The SMILES string of the molecule is OC(Cc1cn2ccsc2n1)c1ncc(Cl)cc1Cl. The fraction of sp³-hybridized carbons (Fsp3) is 0.167. The lowest BCUT2D eigenvalue weighted by Crippen LogP contribution is -2.05. The molecular formula is C12H9Cl2N3OS. The van der Waals surface area contributed by atoms with Crippen LogP contribution in [0.1, 0.15) is 17.5 Å². The first-order valence-corrected chi connectivity index (χ1v) is 7.17. The highest BCUT2D eigenvalue weighted by Gasteiger charge is 2.16. The Balaban J connectivity index is 1.84. The van der Waals surface area contributed by atoms with Crippen LogP contribution in [0, 0.1) is 0 Å². The van der Waals surface area contributed by atoms with Gasteiger partial charge >= 0.3 is 0 Å². The Labute approximate surface area is 123 Å². The second-order valence-corrected chi connectivity index (χ2v) is 5.78. The third-order valence-corrected chi connectivity index (χ3v) is 3.98. The molecule has 3 aromatic rings. The average Bonchev–Trinajstić information content (AvgIpc) is 2.89. The molecule has 0 saturated heterocycles. The second-order valence-electron chi connectivity index (χ2n) is 4.07. The Morgan fingerprint density at radius 1 is 1.42 bits per heavy atom. The second kappa shape index (κ2) is 5.09. The molecule has 1 unspecified atom stereocenters. The molecular weight excluding hydrogens is 305 g/mol. The molecule has 1 atom stereocenters. The van der Waals surface area contributed by atoms with Crippen LogP contribution in [0.5, 0.6) is 0 Å². The molecule has 0 bridgehead atoms. The molecule has 3 heterocycles. The van der Waals surface area contributed by atoms with Gasteiger partial charge in [-0.15, -0.1) is 11.3 Å². The molecule has 3 rings (SSSR count). The molecule has 98 valence electrons. The van der Waals surface area contributed by atoms with Gasteiger partial charge in [-0.2, -0.15) is 0 Å². The molecule has 0 radical (unpaired) electrons. The lowest BCUT2D eigenvalue weighted by atomic mass is 10.1. The maximum absolute atomic E-state index is 10.2. The highest BCUT2D eigenvalue weighted by atomic mass is 35.5. The van der Waals surface area contributed by atoms with Crippen molar-refractivity contribution in [3.8, 4) is 0 Å². The molecule has 0 aliphatic rings. The van der Waals surface area contributed by atoms with E-state index in [1.165, 1.54) is 6.20 Å². The van der Waals surface area contributed by atoms with Gasteiger partial charge in [0.15, 0.2) is 4.96 Å². The number of rotatable bonds is 3. The molecule has 3 aromatic heterocycles. The third-order valence-electron chi connectivity index (χ3n) is 2.70. The number of fused-ring (bicyclic) bond motifs is 1. The van der Waals surface area contributed by atoms with Crippen LogP contribution in [-0.2, 0) is 6.42 Å². The molecule has 0 aliphatic carbocycles. The number of nitrogens with zero attached hydrogens (tertiary/aromatic N) is 3. The molecule has 0 aliphatic heterocycles. The normalized spacial score (nSPS) is 13.0. The lowest BCUT2D eigenvalue weighted by molar-refractivity contribution is 0.172. The summed E-state index contributed by atoms with van der Waals surface area (Å²) in [7, 11) is 0. The summed E-state index contributed by atoms with van der Waals surface area (Å²) in [6, 6.07) is 1.57. The van der Waals surface area contributed by atoms with E-state index in [0.29, 0.717) is 22.2 Å². The first kappa shape index (κ1) is 12.9. The van der Waals surface area contributed by atoms with Gasteiger partial charge in [-0.3, -0.25) is 9.38 Å². The van der Waals surface area contributed by atoms with E-state index in [2.05, 4.69) is 9.97 Å². The number of aromatic nitrogens is 3. The van der Waals surface area contributed by atoms with Crippen molar-refractivity contribution in [2.24, 2.45) is 0 Å². The molecule has 1 N–H and O–H groups in total. The number of hydrogen-bond acceptors (Lipinski definition) is 4. The molecule has 0 aromatic carbocycles. The van der Waals surface area contributed by atoms with E-state index in [0.717, 1.165) is 10.7 Å². The number of aliphatic hydroxyl groups excluding tert-OH is 1. The van der Waals surface area contributed by atoms with Crippen LogP contribution >= 0.6 is 34.5 Å².